The van der Waals surface area contributed by atoms with Crippen molar-refractivity contribution in [3.05, 3.63) is 76.5 Å². The van der Waals surface area contributed by atoms with E-state index in [1.165, 1.54) is 12.0 Å². The Morgan fingerprint density at radius 1 is 1.07 bits per heavy atom. The number of pyridine rings is 1. The van der Waals surface area contributed by atoms with Crippen molar-refractivity contribution in [3.8, 4) is 5.88 Å². The number of ether oxygens (including phenoxy) is 2. The number of anilines is 3. The second kappa shape index (κ2) is 12.7. The van der Waals surface area contributed by atoms with E-state index in [1.807, 2.05) is 0 Å². The first-order chi connectivity index (χ1) is 19.9. The summed E-state index contributed by atoms with van der Waals surface area (Å²) in [4.78, 5) is 30.7. The van der Waals surface area contributed by atoms with E-state index < -0.39 is 58.3 Å². The van der Waals surface area contributed by atoms with Crippen LogP contribution in [0.15, 0.2) is 42.5 Å². The second-order valence-corrected chi connectivity index (χ2v) is 10.7. The monoisotopic (exact) mass is 610 g/mol. The van der Waals surface area contributed by atoms with Crippen molar-refractivity contribution >= 4 is 29.1 Å². The molecule has 9 nitrogen and oxygen atoms in total. The SMILES string of the molecule is COc1ccc(N)c(CC(C)N(Cc2cc(F)ccc2Nc2cc(C(F)(F)F)c(F)cc2C(=O)O)C(=O)OC(C)(C)C)n1. The number of alkyl halides is 3. The normalized spacial score (nSPS) is 12.4. The fourth-order valence-electron chi connectivity index (χ4n) is 4.09. The van der Waals surface area contributed by atoms with E-state index in [4.69, 9.17) is 15.2 Å². The molecule has 0 aliphatic carbocycles. The van der Waals surface area contributed by atoms with Gasteiger partial charge in [0.2, 0.25) is 5.88 Å². The maximum Gasteiger partial charge on any atom is 0.419 e. The van der Waals surface area contributed by atoms with Gasteiger partial charge in [-0.15, -0.1) is 0 Å². The molecule has 3 aromatic rings. The number of carbonyl (C=O) groups is 2. The van der Waals surface area contributed by atoms with Gasteiger partial charge in [0, 0.05) is 24.2 Å². The van der Waals surface area contributed by atoms with Gasteiger partial charge in [0.25, 0.3) is 0 Å². The van der Waals surface area contributed by atoms with Crippen LogP contribution in [0.3, 0.4) is 0 Å². The minimum Gasteiger partial charge on any atom is -0.481 e. The lowest BCUT2D eigenvalue weighted by Crippen LogP contribution is -2.43. The molecule has 2 aromatic carbocycles. The van der Waals surface area contributed by atoms with Crippen molar-refractivity contribution in [2.45, 2.75) is 58.5 Å². The highest BCUT2D eigenvalue weighted by atomic mass is 19.4. The molecule has 0 saturated heterocycles. The molecule has 232 valence electrons. The van der Waals surface area contributed by atoms with Crippen LogP contribution in [0.25, 0.3) is 0 Å². The molecule has 1 amide bonds. The molecule has 1 atom stereocenters. The first-order valence-corrected chi connectivity index (χ1v) is 12.9. The molecule has 4 N–H and O–H groups in total. The van der Waals surface area contributed by atoms with E-state index in [0.717, 1.165) is 18.2 Å². The van der Waals surface area contributed by atoms with Crippen LogP contribution in [-0.4, -0.2) is 45.8 Å². The summed E-state index contributed by atoms with van der Waals surface area (Å²) < 4.78 is 79.6. The van der Waals surface area contributed by atoms with E-state index in [-0.39, 0.29) is 36.2 Å². The Hall–Kier alpha value is -4.62. The zero-order valence-electron chi connectivity index (χ0n) is 24.0. The van der Waals surface area contributed by atoms with Gasteiger partial charge >= 0.3 is 18.2 Å². The van der Waals surface area contributed by atoms with Gasteiger partial charge in [0.05, 0.1) is 41.9 Å². The molecule has 14 heteroatoms. The number of carboxylic acid groups (broad SMARTS) is 1. The third-order valence-corrected chi connectivity index (χ3v) is 6.16. The number of aromatic nitrogens is 1. The van der Waals surface area contributed by atoms with Gasteiger partial charge in [-0.3, -0.25) is 0 Å². The van der Waals surface area contributed by atoms with Crippen LogP contribution in [-0.2, 0) is 23.9 Å². The summed E-state index contributed by atoms with van der Waals surface area (Å²) >= 11 is 0. The molecule has 3 rings (SSSR count). The average molecular weight is 611 g/mol. The Morgan fingerprint density at radius 3 is 2.33 bits per heavy atom. The maximum atomic E-state index is 14.5. The largest absolute Gasteiger partial charge is 0.481 e. The Labute approximate surface area is 244 Å². The van der Waals surface area contributed by atoms with Crippen LogP contribution >= 0.6 is 0 Å². The molecular formula is C29H31F5N4O5. The number of carboxylic acids is 1. The van der Waals surface area contributed by atoms with Crippen molar-refractivity contribution in [1.29, 1.82) is 0 Å². The number of nitrogens with two attached hydrogens (primary N) is 1. The predicted molar refractivity (Wildman–Crippen MR) is 148 cm³/mol. The molecule has 1 heterocycles. The lowest BCUT2D eigenvalue weighted by Gasteiger charge is -2.32. The van der Waals surface area contributed by atoms with Crippen molar-refractivity contribution in [2.75, 3.05) is 18.2 Å². The third kappa shape index (κ3) is 8.46. The fraction of sp³-hybridized carbons (Fsp3) is 0.345. The lowest BCUT2D eigenvalue weighted by molar-refractivity contribution is -0.139. The molecule has 1 unspecified atom stereocenters. The topological polar surface area (TPSA) is 127 Å². The second-order valence-electron chi connectivity index (χ2n) is 10.7. The summed E-state index contributed by atoms with van der Waals surface area (Å²) in [7, 11) is 1.42. The highest BCUT2D eigenvalue weighted by Gasteiger charge is 2.36. The number of nitrogens with one attached hydrogen (secondary N) is 1. The number of hydrogen-bond acceptors (Lipinski definition) is 7. The van der Waals surface area contributed by atoms with Gasteiger partial charge in [-0.1, -0.05) is 0 Å². The number of rotatable bonds is 9. The van der Waals surface area contributed by atoms with E-state index in [1.54, 1.807) is 39.8 Å². The average Bonchev–Trinajstić information content (AvgIpc) is 2.88. The predicted octanol–water partition coefficient (Wildman–Crippen LogP) is 6.78. The van der Waals surface area contributed by atoms with Crippen molar-refractivity contribution in [1.82, 2.24) is 9.88 Å². The number of nitrogen functional groups attached to an aromatic ring is 1. The minimum atomic E-state index is -5.12. The highest BCUT2D eigenvalue weighted by Crippen LogP contribution is 2.36. The van der Waals surface area contributed by atoms with Gasteiger partial charge < -0.3 is 30.5 Å². The molecule has 43 heavy (non-hydrogen) atoms. The van der Waals surface area contributed by atoms with Crippen LogP contribution in [0, 0.1) is 11.6 Å². The first kappa shape index (κ1) is 32.9. The molecule has 0 fully saturated rings. The van der Waals surface area contributed by atoms with E-state index in [0.29, 0.717) is 17.4 Å². The molecule has 0 aliphatic heterocycles. The van der Waals surface area contributed by atoms with Crippen LogP contribution in [0.4, 0.5) is 43.8 Å². The number of nitrogens with zero attached hydrogens (tertiary/aromatic N) is 2. The highest BCUT2D eigenvalue weighted by molar-refractivity contribution is 5.95. The van der Waals surface area contributed by atoms with Crippen molar-refractivity contribution < 1.29 is 46.1 Å². The summed E-state index contributed by atoms with van der Waals surface area (Å²) in [6.07, 6.45) is -5.82. The molecule has 0 bridgehead atoms. The molecule has 0 radical (unpaired) electrons. The number of methoxy groups -OCH3 is 1. The van der Waals surface area contributed by atoms with Crippen LogP contribution < -0.4 is 15.8 Å². The van der Waals surface area contributed by atoms with Gasteiger partial charge in [-0.05, 0) is 69.7 Å². The fourth-order valence-corrected chi connectivity index (χ4v) is 4.09. The van der Waals surface area contributed by atoms with Crippen LogP contribution in [0.2, 0.25) is 0 Å². The maximum absolute atomic E-state index is 14.5. The quantitative estimate of drug-likeness (QED) is 0.226. The summed E-state index contributed by atoms with van der Waals surface area (Å²) in [5.41, 5.74) is 2.80. The van der Waals surface area contributed by atoms with Gasteiger partial charge in [-0.2, -0.15) is 13.2 Å². The van der Waals surface area contributed by atoms with E-state index in [2.05, 4.69) is 10.3 Å². The van der Waals surface area contributed by atoms with Gasteiger partial charge in [-0.25, -0.2) is 23.4 Å². The Bertz CT molecular complexity index is 1510. The van der Waals surface area contributed by atoms with Gasteiger partial charge in [0.15, 0.2) is 0 Å². The summed E-state index contributed by atoms with van der Waals surface area (Å²) in [5.74, 6) is -3.94. The Morgan fingerprint density at radius 2 is 1.74 bits per heavy atom. The number of benzene rings is 2. The van der Waals surface area contributed by atoms with E-state index in [9.17, 15) is 36.6 Å². The number of amides is 1. The standard InChI is InChI=1S/C29H31F5N4O5/c1-15(10-24-21(35)7-9-25(37-24)42-5)38(27(41)43-28(2,3)4)14-16-11-17(30)6-8-22(16)36-23-13-19(29(32,33)34)20(31)12-18(23)26(39)40/h6-9,11-13,15,36H,10,14,35H2,1-5H3,(H,39,40). The molecule has 1 aromatic heterocycles. The molecule has 0 saturated carbocycles. The molecule has 0 aliphatic rings. The number of halogens is 5. The van der Waals surface area contributed by atoms with Crippen LogP contribution in [0.5, 0.6) is 5.88 Å². The molecular weight excluding hydrogens is 579 g/mol. The lowest BCUT2D eigenvalue weighted by atomic mass is 10.0. The number of aromatic carboxylic acids is 1. The smallest absolute Gasteiger partial charge is 0.419 e. The zero-order chi connectivity index (χ0) is 32.3. The zero-order valence-corrected chi connectivity index (χ0v) is 24.0. The summed E-state index contributed by atoms with van der Waals surface area (Å²) in [5, 5.41) is 12.1. The van der Waals surface area contributed by atoms with Crippen molar-refractivity contribution in [3.63, 3.8) is 0 Å². The third-order valence-electron chi connectivity index (χ3n) is 6.16. The molecule has 0 spiro atoms. The van der Waals surface area contributed by atoms with E-state index >= 15 is 0 Å². The summed E-state index contributed by atoms with van der Waals surface area (Å²) in [6.45, 7) is 6.25. The first-order valence-electron chi connectivity index (χ1n) is 12.9. The minimum absolute atomic E-state index is 0.0385. The summed E-state index contributed by atoms with van der Waals surface area (Å²) in [6, 6.07) is 6.21. The Balaban J connectivity index is 2.07. The number of hydrogen-bond donors (Lipinski definition) is 3. The number of carbonyl (C=O) groups excluding carboxylic acids is 1. The Kier molecular flexibility index (Phi) is 9.72. The van der Waals surface area contributed by atoms with Gasteiger partial charge in [0.1, 0.15) is 17.2 Å². The van der Waals surface area contributed by atoms with Crippen molar-refractivity contribution in [2.24, 2.45) is 0 Å². The van der Waals surface area contributed by atoms with Crippen LogP contribution in [0.1, 0.15) is 54.9 Å².